The van der Waals surface area contributed by atoms with Crippen LogP contribution in [0.1, 0.15) is 40.0 Å². The second-order valence-electron chi connectivity index (χ2n) is 4.04. The summed E-state index contributed by atoms with van der Waals surface area (Å²) in [5.74, 6) is 0. The van der Waals surface area contributed by atoms with Gasteiger partial charge < -0.3 is 0 Å². The van der Waals surface area contributed by atoms with Gasteiger partial charge in [0.1, 0.15) is 6.29 Å². The van der Waals surface area contributed by atoms with Crippen LogP contribution >= 0.6 is 0 Å². The van der Waals surface area contributed by atoms with Gasteiger partial charge in [-0.25, -0.2) is 0 Å². The van der Waals surface area contributed by atoms with E-state index >= 15 is 0 Å². The first-order chi connectivity index (χ1) is 6.83. The van der Waals surface area contributed by atoms with E-state index in [4.69, 9.17) is 0 Å². The van der Waals surface area contributed by atoms with Gasteiger partial charge in [0, 0.05) is 0 Å². The topological polar surface area (TPSA) is 18.5 Å². The zero-order chi connectivity index (χ0) is 10.4. The monoisotopic (exact) mass is 215 g/mol. The maximum atomic E-state index is 3.62. The largest absolute Gasteiger partial charge is 0.290 e. The van der Waals surface area contributed by atoms with Crippen LogP contribution < -0.4 is 5.32 Å². The summed E-state index contributed by atoms with van der Waals surface area (Å²) in [6.07, 6.45) is 4.49. The smallest absolute Gasteiger partial charge is 0.177 e. The third kappa shape index (κ3) is 3.05. The molecule has 0 aromatic carbocycles. The van der Waals surface area contributed by atoms with Gasteiger partial charge in [0.15, 0.2) is 9.84 Å². The summed E-state index contributed by atoms with van der Waals surface area (Å²) >= 11 is 0. The molecular formula is C10H25N3Si. The molecule has 0 spiro atoms. The lowest BCUT2D eigenvalue weighted by atomic mass is 10.3. The summed E-state index contributed by atoms with van der Waals surface area (Å²) in [4.78, 5) is 0. The third-order valence-electron chi connectivity index (χ3n) is 2.84. The van der Waals surface area contributed by atoms with E-state index in [2.05, 4.69) is 35.2 Å². The van der Waals surface area contributed by atoms with E-state index < -0.39 is 0 Å². The zero-order valence-corrected chi connectivity index (χ0v) is 11.3. The van der Waals surface area contributed by atoms with E-state index in [1.165, 1.54) is 32.4 Å². The maximum absolute atomic E-state index is 3.62. The highest BCUT2D eigenvalue weighted by atomic mass is 28.2. The normalized spacial score (nSPS) is 25.5. The Morgan fingerprint density at radius 2 is 1.93 bits per heavy atom. The Labute approximate surface area is 90.8 Å². The maximum Gasteiger partial charge on any atom is 0.177 e. The number of hydrogen-bond acceptors (Lipinski definition) is 3. The Kier molecular flexibility index (Phi) is 5.70. The van der Waals surface area contributed by atoms with Gasteiger partial charge in [-0.15, -0.1) is 0 Å². The molecule has 14 heavy (non-hydrogen) atoms. The first-order valence-corrected chi connectivity index (χ1v) is 7.31. The van der Waals surface area contributed by atoms with Crippen LogP contribution in [-0.2, 0) is 0 Å². The molecule has 1 saturated heterocycles. The number of unbranched alkanes of at least 4 members (excludes halogenated alkanes) is 1. The van der Waals surface area contributed by atoms with Crippen LogP contribution in [0, 0.1) is 0 Å². The zero-order valence-electron chi connectivity index (χ0n) is 9.92. The van der Waals surface area contributed by atoms with E-state index in [0.717, 1.165) is 6.54 Å². The van der Waals surface area contributed by atoms with Crippen LogP contribution in [0.2, 0.25) is 0 Å². The van der Waals surface area contributed by atoms with Gasteiger partial charge in [-0.2, -0.15) is 0 Å². The molecular weight excluding hydrogens is 190 g/mol. The molecule has 0 amide bonds. The van der Waals surface area contributed by atoms with Crippen molar-refractivity contribution >= 4 is 9.84 Å². The number of hydrogen-bond donors (Lipinski definition) is 1. The van der Waals surface area contributed by atoms with E-state index in [9.17, 15) is 0 Å². The Hall–Kier alpha value is 0.0969. The molecule has 4 heteroatoms. The molecule has 1 rings (SSSR count). The van der Waals surface area contributed by atoms with Crippen LogP contribution in [0.15, 0.2) is 0 Å². The molecule has 0 bridgehead atoms. The van der Waals surface area contributed by atoms with Gasteiger partial charge in [0.2, 0.25) is 0 Å². The third-order valence-corrected chi connectivity index (χ3v) is 5.02. The molecule has 0 aromatic rings. The molecule has 0 radical (unpaired) electrons. The standard InChI is InChI=1S/C10H25N3Si/c1-4-7-9-13-10(11-8-5-2)12(6-3)14-13/h10-11H,4-9,14H2,1-3H3. The highest BCUT2D eigenvalue weighted by Crippen LogP contribution is 2.14. The van der Waals surface area contributed by atoms with Gasteiger partial charge in [-0.3, -0.25) is 14.4 Å². The molecule has 0 saturated carbocycles. The Balaban J connectivity index is 2.23. The summed E-state index contributed by atoms with van der Waals surface area (Å²) in [5, 5.41) is 3.62. The SMILES string of the molecule is CCCCN1[SiH2]N(CC)C1NCCC. The van der Waals surface area contributed by atoms with E-state index in [0.29, 0.717) is 6.29 Å². The minimum atomic E-state index is -0.0587. The second-order valence-corrected chi connectivity index (χ2v) is 5.95. The van der Waals surface area contributed by atoms with Crippen molar-refractivity contribution in [1.29, 1.82) is 0 Å². The van der Waals surface area contributed by atoms with Gasteiger partial charge in [-0.05, 0) is 32.5 Å². The van der Waals surface area contributed by atoms with Gasteiger partial charge in [-0.1, -0.05) is 27.2 Å². The predicted molar refractivity (Wildman–Crippen MR) is 64.6 cm³/mol. The van der Waals surface area contributed by atoms with Crippen molar-refractivity contribution in [2.75, 3.05) is 19.6 Å². The average molecular weight is 215 g/mol. The minimum absolute atomic E-state index is 0.0587. The molecule has 3 nitrogen and oxygen atoms in total. The van der Waals surface area contributed by atoms with Crippen molar-refractivity contribution in [3.05, 3.63) is 0 Å². The van der Waals surface area contributed by atoms with Crippen molar-refractivity contribution in [3.63, 3.8) is 0 Å². The first-order valence-electron chi connectivity index (χ1n) is 6.04. The average Bonchev–Trinajstić information content (AvgIpc) is 2.17. The quantitative estimate of drug-likeness (QED) is 0.631. The van der Waals surface area contributed by atoms with Crippen molar-refractivity contribution in [2.45, 2.75) is 46.3 Å². The van der Waals surface area contributed by atoms with E-state index in [1.807, 2.05) is 0 Å². The van der Waals surface area contributed by atoms with Gasteiger partial charge in [0.25, 0.3) is 0 Å². The van der Waals surface area contributed by atoms with E-state index in [1.54, 1.807) is 0 Å². The van der Waals surface area contributed by atoms with Crippen molar-refractivity contribution in [1.82, 2.24) is 14.4 Å². The molecule has 1 aliphatic rings. The van der Waals surface area contributed by atoms with Crippen LogP contribution in [0.25, 0.3) is 0 Å². The Morgan fingerprint density at radius 3 is 2.50 bits per heavy atom. The molecule has 1 atom stereocenters. The summed E-state index contributed by atoms with van der Waals surface area (Å²) in [5.41, 5.74) is 0. The second kappa shape index (κ2) is 6.56. The fraction of sp³-hybridized carbons (Fsp3) is 1.00. The fourth-order valence-corrected chi connectivity index (χ4v) is 3.63. The molecule has 1 aliphatic heterocycles. The highest BCUT2D eigenvalue weighted by molar-refractivity contribution is 6.32. The Bertz CT molecular complexity index is 152. The minimum Gasteiger partial charge on any atom is -0.290 e. The summed E-state index contributed by atoms with van der Waals surface area (Å²) < 4.78 is 5.29. The number of nitrogens with one attached hydrogen (secondary N) is 1. The van der Waals surface area contributed by atoms with E-state index in [-0.39, 0.29) is 9.84 Å². The van der Waals surface area contributed by atoms with Crippen LogP contribution in [0.4, 0.5) is 0 Å². The van der Waals surface area contributed by atoms with Crippen molar-refractivity contribution < 1.29 is 0 Å². The summed E-state index contributed by atoms with van der Waals surface area (Å²) in [6, 6.07) is 0. The van der Waals surface area contributed by atoms with Crippen LogP contribution in [-0.4, -0.2) is 44.9 Å². The molecule has 1 fully saturated rings. The highest BCUT2D eigenvalue weighted by Gasteiger charge is 2.33. The van der Waals surface area contributed by atoms with Crippen LogP contribution in [0.3, 0.4) is 0 Å². The first kappa shape index (κ1) is 12.2. The molecule has 84 valence electrons. The molecule has 1 N–H and O–H groups in total. The molecule has 1 heterocycles. The fourth-order valence-electron chi connectivity index (χ4n) is 1.88. The van der Waals surface area contributed by atoms with Gasteiger partial charge >= 0.3 is 0 Å². The number of nitrogens with zero attached hydrogens (tertiary/aromatic N) is 2. The van der Waals surface area contributed by atoms with Crippen LogP contribution in [0.5, 0.6) is 0 Å². The summed E-state index contributed by atoms with van der Waals surface area (Å²) in [6.45, 7) is 10.4. The molecule has 0 aliphatic carbocycles. The van der Waals surface area contributed by atoms with Crippen molar-refractivity contribution in [3.8, 4) is 0 Å². The Morgan fingerprint density at radius 1 is 1.14 bits per heavy atom. The van der Waals surface area contributed by atoms with Crippen molar-refractivity contribution in [2.24, 2.45) is 0 Å². The lowest BCUT2D eigenvalue weighted by molar-refractivity contribution is 0.0675. The van der Waals surface area contributed by atoms with Gasteiger partial charge in [0.05, 0.1) is 0 Å². The number of rotatable bonds is 7. The molecule has 1 unspecified atom stereocenters. The predicted octanol–water partition coefficient (Wildman–Crippen LogP) is 0.706. The lowest BCUT2D eigenvalue weighted by Crippen LogP contribution is -2.72. The lowest BCUT2D eigenvalue weighted by Gasteiger charge is -2.51. The molecule has 0 aromatic heterocycles. The summed E-state index contributed by atoms with van der Waals surface area (Å²) in [7, 11) is -0.0587.